The lowest BCUT2D eigenvalue weighted by Crippen LogP contribution is -2.60. The van der Waals surface area contributed by atoms with Gasteiger partial charge in [0.25, 0.3) is 5.91 Å². The normalized spacial score (nSPS) is 16.8. The van der Waals surface area contributed by atoms with Gasteiger partial charge >= 0.3 is 12.1 Å². The topological polar surface area (TPSA) is 99.3 Å². The van der Waals surface area contributed by atoms with E-state index in [-0.39, 0.29) is 45.1 Å². The van der Waals surface area contributed by atoms with Crippen LogP contribution < -0.4 is 10.2 Å². The number of hydrogen-bond donors (Lipinski definition) is 1. The van der Waals surface area contributed by atoms with Gasteiger partial charge in [-0.1, -0.05) is 44.2 Å². The average molecular weight is 669 g/mol. The van der Waals surface area contributed by atoms with E-state index in [9.17, 15) is 36.7 Å². The molecule has 0 radical (unpaired) electrons. The highest BCUT2D eigenvalue weighted by atomic mass is 19.4. The van der Waals surface area contributed by atoms with Gasteiger partial charge in [-0.2, -0.15) is 13.2 Å². The Hall–Kier alpha value is -4.94. The predicted molar refractivity (Wildman–Crippen MR) is 168 cm³/mol. The summed E-state index contributed by atoms with van der Waals surface area (Å²) in [6.07, 6.45) is -4.25. The standard InChI is InChI=1S/C35H36F4N4O5/c1-22(2)29(40-30(44)27-19-25(35(37,38)39)11-14-28(27)36)31(45)42-17-15-34(16-18-42)33(47)41(3)21-43(34)26-12-9-24(10-13-26)32(46)48-20-23-7-5-4-6-8-23/h4-14,19,22,29H,15-18,20-21H2,1-3H3,(H,40,44)/t29-/m1/s1. The van der Waals surface area contributed by atoms with E-state index in [1.165, 1.54) is 4.90 Å². The molecule has 2 fully saturated rings. The summed E-state index contributed by atoms with van der Waals surface area (Å²) in [6, 6.07) is 16.5. The Kier molecular flexibility index (Phi) is 9.79. The highest BCUT2D eigenvalue weighted by molar-refractivity contribution is 5.98. The van der Waals surface area contributed by atoms with Crippen molar-refractivity contribution >= 4 is 29.4 Å². The highest BCUT2D eigenvalue weighted by Gasteiger charge is 2.53. The number of nitrogens with zero attached hydrogens (tertiary/aromatic N) is 3. The van der Waals surface area contributed by atoms with Crippen molar-refractivity contribution in [2.75, 3.05) is 31.7 Å². The zero-order chi connectivity index (χ0) is 34.8. The molecule has 2 saturated heterocycles. The van der Waals surface area contributed by atoms with Crippen molar-refractivity contribution in [2.45, 2.75) is 51.1 Å². The number of piperidine rings is 1. The third-order valence-electron chi connectivity index (χ3n) is 8.90. The van der Waals surface area contributed by atoms with E-state index in [1.54, 1.807) is 50.1 Å². The fraction of sp³-hybridized carbons (Fsp3) is 0.371. The van der Waals surface area contributed by atoms with Gasteiger partial charge in [-0.15, -0.1) is 0 Å². The lowest BCUT2D eigenvalue weighted by atomic mass is 9.85. The number of likely N-dealkylation sites (tertiary alicyclic amines) is 1. The maximum Gasteiger partial charge on any atom is 0.416 e. The summed E-state index contributed by atoms with van der Waals surface area (Å²) >= 11 is 0. The zero-order valence-electron chi connectivity index (χ0n) is 26.7. The van der Waals surface area contributed by atoms with Gasteiger partial charge in [0.05, 0.1) is 23.4 Å². The van der Waals surface area contributed by atoms with Gasteiger partial charge in [0.15, 0.2) is 0 Å². The van der Waals surface area contributed by atoms with Crippen LogP contribution in [0.3, 0.4) is 0 Å². The summed E-state index contributed by atoms with van der Waals surface area (Å²) in [5.41, 5.74) is -1.03. The molecular formula is C35H36F4N4O5. The molecule has 0 bridgehead atoms. The number of benzene rings is 3. The van der Waals surface area contributed by atoms with Gasteiger partial charge in [0.2, 0.25) is 11.8 Å². The smallest absolute Gasteiger partial charge is 0.416 e. The summed E-state index contributed by atoms with van der Waals surface area (Å²) in [4.78, 5) is 57.8. The summed E-state index contributed by atoms with van der Waals surface area (Å²) < 4.78 is 59.4. The molecular weight excluding hydrogens is 632 g/mol. The molecule has 0 saturated carbocycles. The molecule has 3 amide bonds. The van der Waals surface area contributed by atoms with Crippen LogP contribution in [0.1, 0.15) is 58.5 Å². The van der Waals surface area contributed by atoms with Crippen LogP contribution in [0.4, 0.5) is 23.2 Å². The number of carbonyl (C=O) groups excluding carboxylic acids is 4. The number of rotatable bonds is 8. The van der Waals surface area contributed by atoms with Crippen LogP contribution >= 0.6 is 0 Å². The number of amides is 3. The third kappa shape index (κ3) is 6.99. The second kappa shape index (κ2) is 13.7. The minimum Gasteiger partial charge on any atom is -0.457 e. The molecule has 0 aliphatic carbocycles. The minimum atomic E-state index is -4.78. The Morgan fingerprint density at radius 2 is 1.60 bits per heavy atom. The summed E-state index contributed by atoms with van der Waals surface area (Å²) in [5.74, 6) is -3.83. The van der Waals surface area contributed by atoms with Gasteiger partial charge < -0.3 is 24.8 Å². The van der Waals surface area contributed by atoms with Crippen LogP contribution in [-0.2, 0) is 27.1 Å². The number of likely N-dealkylation sites (N-methyl/N-ethyl adjacent to an activating group) is 1. The summed E-state index contributed by atoms with van der Waals surface area (Å²) in [6.45, 7) is 4.07. The Labute approximate surface area is 275 Å². The van der Waals surface area contributed by atoms with Crippen molar-refractivity contribution in [3.8, 4) is 0 Å². The molecule has 13 heteroatoms. The van der Waals surface area contributed by atoms with Crippen molar-refractivity contribution in [1.29, 1.82) is 0 Å². The van der Waals surface area contributed by atoms with E-state index in [2.05, 4.69) is 5.32 Å². The molecule has 2 aliphatic rings. The average Bonchev–Trinajstić information content (AvgIpc) is 3.30. The molecule has 2 aliphatic heterocycles. The quantitative estimate of drug-likeness (QED) is 0.260. The summed E-state index contributed by atoms with van der Waals surface area (Å²) in [5, 5.41) is 2.43. The molecule has 0 aromatic heterocycles. The molecule has 9 nitrogen and oxygen atoms in total. The van der Waals surface area contributed by atoms with E-state index >= 15 is 0 Å². The number of carbonyl (C=O) groups is 4. The Morgan fingerprint density at radius 3 is 2.21 bits per heavy atom. The number of esters is 1. The molecule has 5 rings (SSSR count). The van der Waals surface area contributed by atoms with Gasteiger partial charge in [0, 0.05) is 25.8 Å². The van der Waals surface area contributed by atoms with Crippen molar-refractivity contribution < 1.29 is 41.5 Å². The van der Waals surface area contributed by atoms with Gasteiger partial charge in [-0.3, -0.25) is 14.4 Å². The molecule has 3 aromatic rings. The van der Waals surface area contributed by atoms with Crippen molar-refractivity contribution in [3.05, 3.63) is 101 Å². The maximum absolute atomic E-state index is 14.4. The van der Waals surface area contributed by atoms with Crippen molar-refractivity contribution in [1.82, 2.24) is 15.1 Å². The number of alkyl halides is 3. The molecule has 2 heterocycles. The van der Waals surface area contributed by atoms with Crippen molar-refractivity contribution in [2.24, 2.45) is 5.92 Å². The second-order valence-electron chi connectivity index (χ2n) is 12.4. The first kappa shape index (κ1) is 34.4. The zero-order valence-corrected chi connectivity index (χ0v) is 26.7. The molecule has 48 heavy (non-hydrogen) atoms. The van der Waals surface area contributed by atoms with Crippen LogP contribution in [0.5, 0.6) is 0 Å². The van der Waals surface area contributed by atoms with Crippen LogP contribution in [0.15, 0.2) is 72.8 Å². The molecule has 1 spiro atoms. The lowest BCUT2D eigenvalue weighted by molar-refractivity contribution is -0.139. The molecule has 3 aromatic carbocycles. The second-order valence-corrected chi connectivity index (χ2v) is 12.4. The Morgan fingerprint density at radius 1 is 0.958 bits per heavy atom. The van der Waals surface area contributed by atoms with Gasteiger partial charge in [0.1, 0.15) is 24.0 Å². The molecule has 1 N–H and O–H groups in total. The van der Waals surface area contributed by atoms with Gasteiger partial charge in [-0.05, 0) is 66.8 Å². The molecule has 0 unspecified atom stereocenters. The van der Waals surface area contributed by atoms with E-state index in [0.29, 0.717) is 29.4 Å². The Balaban J connectivity index is 1.26. The number of hydrogen-bond acceptors (Lipinski definition) is 6. The van der Waals surface area contributed by atoms with E-state index in [0.717, 1.165) is 5.56 Å². The number of nitrogens with one attached hydrogen (secondary N) is 1. The lowest BCUT2D eigenvalue weighted by Gasteiger charge is -2.44. The fourth-order valence-corrected chi connectivity index (χ4v) is 6.18. The van der Waals surface area contributed by atoms with Crippen LogP contribution in [0, 0.1) is 11.7 Å². The molecule has 1 atom stereocenters. The van der Waals surface area contributed by atoms with Gasteiger partial charge in [-0.25, -0.2) is 9.18 Å². The SMILES string of the molecule is CC(C)[C@@H](NC(=O)c1cc(C(F)(F)F)ccc1F)C(=O)N1CCC2(CC1)C(=O)N(C)CN2c1ccc(C(=O)OCc2ccccc2)cc1. The predicted octanol–water partition coefficient (Wildman–Crippen LogP) is 5.25. The van der Waals surface area contributed by atoms with E-state index in [1.807, 2.05) is 35.2 Å². The largest absolute Gasteiger partial charge is 0.457 e. The minimum absolute atomic E-state index is 0.116. The first-order valence-corrected chi connectivity index (χ1v) is 15.5. The van der Waals surface area contributed by atoms with Crippen LogP contribution in [-0.4, -0.2) is 71.9 Å². The first-order chi connectivity index (χ1) is 22.7. The third-order valence-corrected chi connectivity index (χ3v) is 8.90. The Bertz CT molecular complexity index is 1670. The summed E-state index contributed by atoms with van der Waals surface area (Å²) in [7, 11) is 1.69. The van der Waals surface area contributed by atoms with Crippen molar-refractivity contribution in [3.63, 3.8) is 0 Å². The first-order valence-electron chi connectivity index (χ1n) is 15.5. The number of anilines is 1. The monoisotopic (exact) mass is 668 g/mol. The van der Waals surface area contributed by atoms with Crippen LogP contribution in [0.2, 0.25) is 0 Å². The van der Waals surface area contributed by atoms with E-state index in [4.69, 9.17) is 4.74 Å². The fourth-order valence-electron chi connectivity index (χ4n) is 6.18. The number of halogens is 4. The van der Waals surface area contributed by atoms with E-state index < -0.39 is 58.4 Å². The molecule has 254 valence electrons. The number of ether oxygens (including phenoxy) is 1. The van der Waals surface area contributed by atoms with Crippen LogP contribution in [0.25, 0.3) is 0 Å². The highest BCUT2D eigenvalue weighted by Crippen LogP contribution is 2.39. The maximum atomic E-state index is 14.4.